The van der Waals surface area contributed by atoms with Gasteiger partial charge in [0.25, 0.3) is 0 Å². The van der Waals surface area contributed by atoms with Crippen LogP contribution >= 0.6 is 0 Å². The minimum atomic E-state index is -0.806. The Balaban J connectivity index is 4.50. The zero-order chi connectivity index (χ0) is 44.4. The van der Waals surface area contributed by atoms with Crippen LogP contribution in [0.25, 0.3) is 0 Å². The van der Waals surface area contributed by atoms with E-state index in [4.69, 9.17) is 14.2 Å². The fraction of sp³-hybridized carbons (Fsp3) is 0.691. The lowest BCUT2D eigenvalue weighted by Gasteiger charge is -2.18. The third kappa shape index (κ3) is 47.5. The molecular formula is C55H92O6. The van der Waals surface area contributed by atoms with Gasteiger partial charge in [-0.2, -0.15) is 0 Å². The summed E-state index contributed by atoms with van der Waals surface area (Å²) in [6, 6.07) is 0. The molecule has 0 bridgehead atoms. The number of hydrogen-bond acceptors (Lipinski definition) is 6. The average molecular weight is 849 g/mol. The number of ether oxygens (including phenoxy) is 3. The second kappa shape index (κ2) is 49.2. The molecule has 0 saturated carbocycles. The number of carbonyl (C=O) groups excluding carboxylic acids is 3. The maximum absolute atomic E-state index is 12.8. The Morgan fingerprint density at radius 2 is 0.639 bits per heavy atom. The lowest BCUT2D eigenvalue weighted by Crippen LogP contribution is -2.30. The van der Waals surface area contributed by atoms with Crippen molar-refractivity contribution < 1.29 is 28.6 Å². The van der Waals surface area contributed by atoms with Gasteiger partial charge in [0.1, 0.15) is 13.2 Å². The molecule has 0 aliphatic heterocycles. The summed E-state index contributed by atoms with van der Waals surface area (Å²) >= 11 is 0. The Labute approximate surface area is 375 Å². The Kier molecular flexibility index (Phi) is 46.5. The van der Waals surface area contributed by atoms with Crippen LogP contribution in [0.5, 0.6) is 0 Å². The molecule has 0 heterocycles. The van der Waals surface area contributed by atoms with Gasteiger partial charge in [-0.05, 0) is 116 Å². The topological polar surface area (TPSA) is 78.9 Å². The van der Waals surface area contributed by atoms with E-state index in [9.17, 15) is 14.4 Å². The second-order valence-electron chi connectivity index (χ2n) is 16.3. The van der Waals surface area contributed by atoms with Gasteiger partial charge < -0.3 is 14.2 Å². The highest BCUT2D eigenvalue weighted by Gasteiger charge is 2.19. The molecule has 0 radical (unpaired) electrons. The number of esters is 3. The first-order chi connectivity index (χ1) is 30.0. The molecule has 348 valence electrons. The Hall–Kier alpha value is -3.41. The van der Waals surface area contributed by atoms with Crippen LogP contribution < -0.4 is 0 Å². The summed E-state index contributed by atoms with van der Waals surface area (Å²) in [4.78, 5) is 37.9. The third-order valence-electron chi connectivity index (χ3n) is 10.4. The Morgan fingerprint density at radius 3 is 1.08 bits per heavy atom. The molecule has 0 saturated heterocycles. The number of unbranched alkanes of at least 4 members (excludes halogenated alkanes) is 19. The maximum atomic E-state index is 12.8. The van der Waals surface area contributed by atoms with E-state index in [0.717, 1.165) is 116 Å². The summed E-state index contributed by atoms with van der Waals surface area (Å²) in [6.07, 6.45) is 62.8. The van der Waals surface area contributed by atoms with Crippen LogP contribution in [0.15, 0.2) is 85.1 Å². The van der Waals surface area contributed by atoms with Crippen LogP contribution in [0.4, 0.5) is 0 Å². The fourth-order valence-electron chi connectivity index (χ4n) is 6.57. The lowest BCUT2D eigenvalue weighted by atomic mass is 10.1. The molecule has 0 aliphatic carbocycles. The van der Waals surface area contributed by atoms with Gasteiger partial charge in [0.2, 0.25) is 0 Å². The van der Waals surface area contributed by atoms with Gasteiger partial charge in [0.15, 0.2) is 6.10 Å². The predicted molar refractivity (Wildman–Crippen MR) is 261 cm³/mol. The van der Waals surface area contributed by atoms with Crippen molar-refractivity contribution in [2.45, 2.75) is 232 Å². The van der Waals surface area contributed by atoms with Crippen LogP contribution in [0, 0.1) is 0 Å². The number of rotatable bonds is 44. The maximum Gasteiger partial charge on any atom is 0.306 e. The van der Waals surface area contributed by atoms with E-state index < -0.39 is 6.10 Å². The van der Waals surface area contributed by atoms with Crippen LogP contribution in [0.2, 0.25) is 0 Å². The molecule has 6 nitrogen and oxygen atoms in total. The van der Waals surface area contributed by atoms with Crippen molar-refractivity contribution in [2.24, 2.45) is 0 Å². The van der Waals surface area contributed by atoms with Crippen molar-refractivity contribution in [3.05, 3.63) is 85.1 Å². The van der Waals surface area contributed by atoms with Gasteiger partial charge in [-0.25, -0.2) is 0 Å². The normalized spacial score (nSPS) is 12.8. The van der Waals surface area contributed by atoms with Crippen LogP contribution in [-0.4, -0.2) is 37.2 Å². The van der Waals surface area contributed by atoms with Crippen molar-refractivity contribution in [1.29, 1.82) is 0 Å². The highest BCUT2D eigenvalue weighted by Crippen LogP contribution is 2.12. The summed E-state index contributed by atoms with van der Waals surface area (Å²) in [5.41, 5.74) is 0. The number of hydrogen-bond donors (Lipinski definition) is 0. The van der Waals surface area contributed by atoms with Gasteiger partial charge in [0, 0.05) is 19.3 Å². The quantitative estimate of drug-likeness (QED) is 0.0263. The molecule has 0 N–H and O–H groups in total. The van der Waals surface area contributed by atoms with Gasteiger partial charge in [-0.15, -0.1) is 0 Å². The summed E-state index contributed by atoms with van der Waals surface area (Å²) in [5, 5.41) is 0. The molecule has 0 fully saturated rings. The zero-order valence-corrected chi connectivity index (χ0v) is 39.7. The lowest BCUT2D eigenvalue weighted by molar-refractivity contribution is -0.167. The van der Waals surface area contributed by atoms with E-state index in [0.29, 0.717) is 19.3 Å². The van der Waals surface area contributed by atoms with E-state index in [1.807, 2.05) is 0 Å². The first-order valence-electron chi connectivity index (χ1n) is 25.1. The fourth-order valence-corrected chi connectivity index (χ4v) is 6.57. The minimum Gasteiger partial charge on any atom is -0.462 e. The van der Waals surface area contributed by atoms with Crippen molar-refractivity contribution in [2.75, 3.05) is 13.2 Å². The van der Waals surface area contributed by atoms with Crippen LogP contribution in [-0.2, 0) is 28.6 Å². The summed E-state index contributed by atoms with van der Waals surface area (Å²) < 4.78 is 16.7. The molecule has 6 heteroatoms. The van der Waals surface area contributed by atoms with Gasteiger partial charge in [0.05, 0.1) is 0 Å². The summed E-state index contributed by atoms with van der Waals surface area (Å²) in [7, 11) is 0. The molecule has 0 spiro atoms. The van der Waals surface area contributed by atoms with Gasteiger partial charge in [-0.1, -0.05) is 176 Å². The monoisotopic (exact) mass is 849 g/mol. The SMILES string of the molecule is CC/C=C\C/C=C\C/C=C\CCCCCCCC(=O)OC[C@@H](COC(=O)CCCCCCC/C=C\CCCCCC)OC(=O)CCCC/C=C\C/C=C\C/C=C\CCCCC. The van der Waals surface area contributed by atoms with Gasteiger partial charge >= 0.3 is 17.9 Å². The van der Waals surface area contributed by atoms with E-state index in [1.54, 1.807) is 0 Å². The van der Waals surface area contributed by atoms with Crippen LogP contribution in [0.3, 0.4) is 0 Å². The zero-order valence-electron chi connectivity index (χ0n) is 39.7. The molecule has 0 unspecified atom stereocenters. The average Bonchev–Trinajstić information content (AvgIpc) is 3.26. The summed E-state index contributed by atoms with van der Waals surface area (Å²) in [5.74, 6) is -0.970. The molecular weight excluding hydrogens is 757 g/mol. The highest BCUT2D eigenvalue weighted by atomic mass is 16.6. The molecule has 0 aromatic heterocycles. The van der Waals surface area contributed by atoms with Crippen molar-refractivity contribution in [3.8, 4) is 0 Å². The number of allylic oxidation sites excluding steroid dienone is 14. The third-order valence-corrected chi connectivity index (χ3v) is 10.4. The standard InChI is InChI=1S/C55H92O6/c1-4-7-10-13-16-19-22-25-27-30-33-36-39-42-45-48-54(57)60-51-52(50-59-53(56)47-44-41-38-35-32-29-24-21-18-15-12-9-6-3)61-55(58)49-46-43-40-37-34-31-28-26-23-20-17-14-11-8-5-2/h7,10,16-17,19-21,24-28,34,37,52H,4-6,8-9,11-15,18,22-23,29-33,35-36,38-51H2,1-3H3/b10-7-,19-16-,20-17-,24-21-,27-25-,28-26-,37-34-/t52-/m1/s1. The Morgan fingerprint density at radius 1 is 0.344 bits per heavy atom. The smallest absolute Gasteiger partial charge is 0.306 e. The number of carbonyl (C=O) groups is 3. The second-order valence-corrected chi connectivity index (χ2v) is 16.3. The van der Waals surface area contributed by atoms with Crippen molar-refractivity contribution in [3.63, 3.8) is 0 Å². The van der Waals surface area contributed by atoms with E-state index in [2.05, 4.69) is 106 Å². The Bertz CT molecular complexity index is 1200. The minimum absolute atomic E-state index is 0.103. The molecule has 0 aromatic carbocycles. The molecule has 0 aromatic rings. The first-order valence-corrected chi connectivity index (χ1v) is 25.1. The van der Waals surface area contributed by atoms with Crippen LogP contribution in [0.1, 0.15) is 226 Å². The van der Waals surface area contributed by atoms with Gasteiger partial charge in [-0.3, -0.25) is 14.4 Å². The van der Waals surface area contributed by atoms with Crippen molar-refractivity contribution in [1.82, 2.24) is 0 Å². The molecule has 0 amide bonds. The largest absolute Gasteiger partial charge is 0.462 e. The first kappa shape index (κ1) is 57.6. The van der Waals surface area contributed by atoms with E-state index in [-0.39, 0.29) is 37.5 Å². The van der Waals surface area contributed by atoms with E-state index >= 15 is 0 Å². The molecule has 61 heavy (non-hydrogen) atoms. The summed E-state index contributed by atoms with van der Waals surface area (Å²) in [6.45, 7) is 6.42. The highest BCUT2D eigenvalue weighted by molar-refractivity contribution is 5.71. The predicted octanol–water partition coefficient (Wildman–Crippen LogP) is 16.4. The molecule has 0 aliphatic rings. The van der Waals surface area contributed by atoms with E-state index in [1.165, 1.54) is 64.2 Å². The van der Waals surface area contributed by atoms with Crippen molar-refractivity contribution >= 4 is 17.9 Å². The molecule has 1 atom stereocenters. The molecule has 0 rings (SSSR count).